The number of para-hydroxylation sites is 1. The first-order chi connectivity index (χ1) is 11.7. The molecule has 124 valence electrons. The number of nitrogens with zero attached hydrogens (tertiary/aromatic N) is 2. The van der Waals surface area contributed by atoms with Crippen molar-refractivity contribution < 1.29 is 4.79 Å². The highest BCUT2D eigenvalue weighted by molar-refractivity contribution is 7.11. The highest BCUT2D eigenvalue weighted by atomic mass is 32.1. The third kappa shape index (κ3) is 2.96. The van der Waals surface area contributed by atoms with Gasteiger partial charge in [-0.2, -0.15) is 0 Å². The molecule has 4 nitrogen and oxygen atoms in total. The third-order valence-electron chi connectivity index (χ3n) is 4.78. The molecule has 3 heterocycles. The van der Waals surface area contributed by atoms with E-state index in [2.05, 4.69) is 23.0 Å². The van der Waals surface area contributed by atoms with E-state index in [4.69, 9.17) is 0 Å². The van der Waals surface area contributed by atoms with Crippen LogP contribution >= 0.6 is 11.3 Å². The Morgan fingerprint density at radius 3 is 3.12 bits per heavy atom. The fraction of sp³-hybridized carbons (Fsp3) is 0.368. The fourth-order valence-electron chi connectivity index (χ4n) is 3.52. The number of H-pyrrole nitrogens is 1. The summed E-state index contributed by atoms with van der Waals surface area (Å²) in [5, 5.41) is 2.33. The van der Waals surface area contributed by atoms with E-state index in [1.165, 1.54) is 9.88 Å². The smallest absolute Gasteiger partial charge is 0.227 e. The van der Waals surface area contributed by atoms with Crippen LogP contribution in [0.5, 0.6) is 0 Å². The molecule has 1 aliphatic rings. The molecule has 1 aliphatic heterocycles. The zero-order chi connectivity index (χ0) is 16.5. The van der Waals surface area contributed by atoms with Gasteiger partial charge in [-0.15, -0.1) is 11.3 Å². The van der Waals surface area contributed by atoms with E-state index >= 15 is 0 Å². The largest absolute Gasteiger partial charge is 0.361 e. The zero-order valence-corrected chi connectivity index (χ0v) is 14.6. The monoisotopic (exact) mass is 339 g/mol. The van der Waals surface area contributed by atoms with Gasteiger partial charge in [0.15, 0.2) is 0 Å². The van der Waals surface area contributed by atoms with E-state index < -0.39 is 0 Å². The van der Waals surface area contributed by atoms with Gasteiger partial charge in [0.2, 0.25) is 5.91 Å². The molecule has 1 amide bonds. The molecule has 1 atom stereocenters. The summed E-state index contributed by atoms with van der Waals surface area (Å²) in [4.78, 5) is 23.8. The maximum absolute atomic E-state index is 12.8. The van der Waals surface area contributed by atoms with Gasteiger partial charge in [-0.25, -0.2) is 4.98 Å². The molecule has 2 aromatic heterocycles. The summed E-state index contributed by atoms with van der Waals surface area (Å²) in [5.41, 5.74) is 2.18. The molecule has 1 N–H and O–H groups in total. The van der Waals surface area contributed by atoms with Crippen molar-refractivity contribution >= 4 is 28.1 Å². The highest BCUT2D eigenvalue weighted by Gasteiger charge is 2.26. The normalized spacial score (nSPS) is 18.2. The third-order valence-corrected chi connectivity index (χ3v) is 5.85. The van der Waals surface area contributed by atoms with Gasteiger partial charge < -0.3 is 9.88 Å². The Kier molecular flexibility index (Phi) is 4.10. The minimum absolute atomic E-state index is 0.220. The zero-order valence-electron chi connectivity index (χ0n) is 13.8. The van der Waals surface area contributed by atoms with E-state index in [-0.39, 0.29) is 5.91 Å². The second kappa shape index (κ2) is 6.40. The topological polar surface area (TPSA) is 49.0 Å². The number of aryl methyl sites for hydroxylation is 1. The summed E-state index contributed by atoms with van der Waals surface area (Å²) < 4.78 is 0. The summed E-state index contributed by atoms with van der Waals surface area (Å²) >= 11 is 1.76. The summed E-state index contributed by atoms with van der Waals surface area (Å²) in [6.07, 6.45) is 6.56. The maximum Gasteiger partial charge on any atom is 0.227 e. The Bertz CT molecular complexity index is 866. The van der Waals surface area contributed by atoms with E-state index in [0.29, 0.717) is 12.3 Å². The van der Waals surface area contributed by atoms with E-state index in [1.807, 2.05) is 35.5 Å². The average Bonchev–Trinajstić information content (AvgIpc) is 3.22. The molecular formula is C19H21N3OS. The number of nitrogens with one attached hydrogen (secondary N) is 1. The minimum Gasteiger partial charge on any atom is -0.361 e. The van der Waals surface area contributed by atoms with Crippen LogP contribution in [0.25, 0.3) is 10.9 Å². The van der Waals surface area contributed by atoms with Crippen molar-refractivity contribution in [1.29, 1.82) is 0 Å². The molecule has 3 aromatic rings. The molecular weight excluding hydrogens is 318 g/mol. The summed E-state index contributed by atoms with van der Waals surface area (Å²) in [7, 11) is 0. The molecule has 4 rings (SSSR count). The predicted molar refractivity (Wildman–Crippen MR) is 97.4 cm³/mol. The van der Waals surface area contributed by atoms with Crippen LogP contribution in [0.1, 0.15) is 34.2 Å². The number of benzene rings is 1. The molecule has 0 radical (unpaired) electrons. The van der Waals surface area contributed by atoms with Gasteiger partial charge in [-0.1, -0.05) is 18.2 Å². The summed E-state index contributed by atoms with van der Waals surface area (Å²) in [5.74, 6) is 0.613. The number of rotatable bonds is 3. The van der Waals surface area contributed by atoms with Gasteiger partial charge in [0, 0.05) is 47.2 Å². The number of piperidine rings is 1. The lowest BCUT2D eigenvalue weighted by Crippen LogP contribution is -2.39. The number of amides is 1. The number of aromatic nitrogens is 2. The quantitative estimate of drug-likeness (QED) is 0.787. The summed E-state index contributed by atoms with van der Waals surface area (Å²) in [6.45, 7) is 3.75. The van der Waals surface area contributed by atoms with Crippen molar-refractivity contribution in [1.82, 2.24) is 14.9 Å². The van der Waals surface area contributed by atoms with Crippen LogP contribution in [0.3, 0.4) is 0 Å². The minimum atomic E-state index is 0.220. The van der Waals surface area contributed by atoms with E-state index in [9.17, 15) is 4.79 Å². The molecule has 1 unspecified atom stereocenters. The van der Waals surface area contributed by atoms with Crippen LogP contribution < -0.4 is 0 Å². The molecule has 0 aliphatic carbocycles. The molecule has 24 heavy (non-hydrogen) atoms. The summed E-state index contributed by atoms with van der Waals surface area (Å²) in [6, 6.07) is 8.15. The standard InChI is InChI=1S/C19H21N3OS/c1-13-10-21-19(24-13)14-5-4-8-22(12-14)18(23)9-15-11-20-17-7-3-2-6-16(15)17/h2-3,6-7,10-11,14,20H,4-5,8-9,12H2,1H3. The van der Waals surface area contributed by atoms with Crippen molar-refractivity contribution in [2.45, 2.75) is 32.1 Å². The lowest BCUT2D eigenvalue weighted by Gasteiger charge is -2.32. The number of carbonyl (C=O) groups excluding carboxylic acids is 1. The number of likely N-dealkylation sites (tertiary alicyclic amines) is 1. The van der Waals surface area contributed by atoms with Crippen molar-refractivity contribution in [2.24, 2.45) is 0 Å². The number of aromatic amines is 1. The Balaban J connectivity index is 1.48. The van der Waals surface area contributed by atoms with Crippen molar-refractivity contribution in [3.63, 3.8) is 0 Å². The maximum atomic E-state index is 12.8. The lowest BCUT2D eigenvalue weighted by molar-refractivity contribution is -0.131. The number of hydrogen-bond donors (Lipinski definition) is 1. The Morgan fingerprint density at radius 2 is 2.29 bits per heavy atom. The number of carbonyl (C=O) groups is 1. The first-order valence-corrected chi connectivity index (χ1v) is 9.27. The second-order valence-electron chi connectivity index (χ2n) is 6.52. The first kappa shape index (κ1) is 15.4. The Labute approximate surface area is 145 Å². The number of fused-ring (bicyclic) bond motifs is 1. The van der Waals surface area contributed by atoms with Crippen LogP contribution in [-0.2, 0) is 11.2 Å². The number of thiazole rings is 1. The highest BCUT2D eigenvalue weighted by Crippen LogP contribution is 2.30. The van der Waals surface area contributed by atoms with Gasteiger partial charge in [0.1, 0.15) is 0 Å². The molecule has 0 bridgehead atoms. The molecule has 0 spiro atoms. The average molecular weight is 339 g/mol. The first-order valence-electron chi connectivity index (χ1n) is 8.46. The van der Waals surface area contributed by atoms with Crippen LogP contribution in [0.15, 0.2) is 36.7 Å². The van der Waals surface area contributed by atoms with Gasteiger partial charge in [0.25, 0.3) is 0 Å². The molecule has 1 fully saturated rings. The molecule has 1 saturated heterocycles. The Hall–Kier alpha value is -2.14. The van der Waals surface area contributed by atoms with Gasteiger partial charge >= 0.3 is 0 Å². The van der Waals surface area contributed by atoms with Crippen LogP contribution in [-0.4, -0.2) is 33.9 Å². The van der Waals surface area contributed by atoms with Gasteiger partial charge in [-0.3, -0.25) is 4.79 Å². The van der Waals surface area contributed by atoms with E-state index in [1.54, 1.807) is 11.3 Å². The SMILES string of the molecule is Cc1cnc(C2CCCN(C(=O)Cc3c[nH]c4ccccc34)C2)s1. The van der Waals surface area contributed by atoms with E-state index in [0.717, 1.165) is 42.4 Å². The van der Waals surface area contributed by atoms with Gasteiger partial charge in [-0.05, 0) is 31.4 Å². The van der Waals surface area contributed by atoms with Crippen LogP contribution in [0.4, 0.5) is 0 Å². The Morgan fingerprint density at radius 1 is 1.42 bits per heavy atom. The van der Waals surface area contributed by atoms with Crippen molar-refractivity contribution in [3.05, 3.63) is 52.1 Å². The van der Waals surface area contributed by atoms with Crippen LogP contribution in [0.2, 0.25) is 0 Å². The van der Waals surface area contributed by atoms with Gasteiger partial charge in [0.05, 0.1) is 11.4 Å². The molecule has 5 heteroatoms. The number of hydrogen-bond acceptors (Lipinski definition) is 3. The lowest BCUT2D eigenvalue weighted by atomic mass is 9.98. The van der Waals surface area contributed by atoms with Crippen LogP contribution in [0, 0.1) is 6.92 Å². The fourth-order valence-corrected chi connectivity index (χ4v) is 4.42. The second-order valence-corrected chi connectivity index (χ2v) is 7.79. The van der Waals surface area contributed by atoms with Crippen molar-refractivity contribution in [2.75, 3.05) is 13.1 Å². The molecule has 1 aromatic carbocycles. The molecule has 0 saturated carbocycles. The predicted octanol–water partition coefficient (Wildman–Crippen LogP) is 3.88. The van der Waals surface area contributed by atoms with Crippen molar-refractivity contribution in [3.8, 4) is 0 Å².